The molecule has 0 aliphatic heterocycles. The number of nitrogens with zero attached hydrogens (tertiary/aromatic N) is 3. The number of hydrogen-bond donors (Lipinski definition) is 1. The van der Waals surface area contributed by atoms with Crippen molar-refractivity contribution in [2.24, 2.45) is 5.92 Å². The third-order valence-electron chi connectivity index (χ3n) is 3.13. The average molecular weight is 274 g/mol. The molecule has 0 radical (unpaired) electrons. The van der Waals surface area contributed by atoms with Crippen molar-refractivity contribution >= 4 is 11.9 Å². The summed E-state index contributed by atoms with van der Waals surface area (Å²) in [7, 11) is 0. The third-order valence-corrected chi connectivity index (χ3v) is 3.13. The number of rotatable bonds is 5. The quantitative estimate of drug-likeness (QED) is 0.781. The van der Waals surface area contributed by atoms with E-state index in [1.807, 2.05) is 0 Å². The number of aromatic nitrogens is 2. The van der Waals surface area contributed by atoms with Gasteiger partial charge in [-0.3, -0.25) is 9.78 Å². The first kappa shape index (κ1) is 13.9. The van der Waals surface area contributed by atoms with Gasteiger partial charge < -0.3 is 10.1 Å². The number of ether oxygens (including phenoxy) is 1. The number of carbonyl (C=O) groups is 2. The fourth-order valence-electron chi connectivity index (χ4n) is 1.82. The molecule has 0 saturated heterocycles. The Kier molecular flexibility index (Phi) is 3.94. The molecule has 1 amide bonds. The number of hydrogen-bond acceptors (Lipinski definition) is 6. The molecule has 1 aliphatic rings. The predicted octanol–water partition coefficient (Wildman–Crippen LogP) is 0.442. The van der Waals surface area contributed by atoms with Gasteiger partial charge in [0.1, 0.15) is 5.54 Å². The van der Waals surface area contributed by atoms with Crippen molar-refractivity contribution in [3.8, 4) is 6.07 Å². The van der Waals surface area contributed by atoms with Crippen molar-refractivity contribution in [2.75, 3.05) is 6.61 Å². The highest BCUT2D eigenvalue weighted by molar-refractivity contribution is 5.89. The molecular weight excluding hydrogens is 260 g/mol. The van der Waals surface area contributed by atoms with Crippen molar-refractivity contribution in [1.82, 2.24) is 15.3 Å². The first-order valence-electron chi connectivity index (χ1n) is 6.20. The van der Waals surface area contributed by atoms with Crippen LogP contribution >= 0.6 is 0 Å². The van der Waals surface area contributed by atoms with Crippen LogP contribution in [0.4, 0.5) is 0 Å². The molecule has 1 aliphatic carbocycles. The van der Waals surface area contributed by atoms with Gasteiger partial charge in [0.25, 0.3) is 5.91 Å². The summed E-state index contributed by atoms with van der Waals surface area (Å²) in [6.07, 6.45) is 5.88. The third kappa shape index (κ3) is 3.29. The first-order chi connectivity index (χ1) is 9.55. The molecule has 0 unspecified atom stereocenters. The molecule has 104 valence electrons. The number of nitriles is 1. The van der Waals surface area contributed by atoms with Crippen molar-refractivity contribution in [1.29, 1.82) is 5.26 Å². The van der Waals surface area contributed by atoms with Crippen LogP contribution in [0, 0.1) is 17.2 Å². The molecule has 1 aromatic heterocycles. The van der Waals surface area contributed by atoms with Gasteiger partial charge in [0.15, 0.2) is 12.3 Å². The number of nitrogens with one attached hydrogen (secondary N) is 1. The maximum absolute atomic E-state index is 11.7. The second-order valence-corrected chi connectivity index (χ2v) is 4.80. The van der Waals surface area contributed by atoms with Crippen LogP contribution in [0.5, 0.6) is 0 Å². The van der Waals surface area contributed by atoms with Crippen molar-refractivity contribution in [3.63, 3.8) is 0 Å². The molecule has 1 heterocycles. The lowest BCUT2D eigenvalue weighted by Gasteiger charge is -2.22. The first-order valence-corrected chi connectivity index (χ1v) is 6.20. The normalized spacial score (nSPS) is 16.6. The lowest BCUT2D eigenvalue weighted by molar-refractivity contribution is -0.125. The lowest BCUT2D eigenvalue weighted by atomic mass is 9.98. The maximum atomic E-state index is 11.7. The molecule has 20 heavy (non-hydrogen) atoms. The summed E-state index contributed by atoms with van der Waals surface area (Å²) in [5.41, 5.74) is -0.860. The maximum Gasteiger partial charge on any atom is 0.359 e. The summed E-state index contributed by atoms with van der Waals surface area (Å²) in [5, 5.41) is 11.7. The summed E-state index contributed by atoms with van der Waals surface area (Å²) < 4.78 is 4.82. The Morgan fingerprint density at radius 3 is 2.85 bits per heavy atom. The second kappa shape index (κ2) is 5.65. The van der Waals surface area contributed by atoms with Crippen LogP contribution in [0.25, 0.3) is 0 Å². The average Bonchev–Trinajstić information content (AvgIpc) is 3.30. The zero-order chi connectivity index (χ0) is 14.6. The van der Waals surface area contributed by atoms with E-state index < -0.39 is 24.0 Å². The highest BCUT2D eigenvalue weighted by Gasteiger charge is 2.43. The van der Waals surface area contributed by atoms with Crippen LogP contribution in [0.1, 0.15) is 30.3 Å². The van der Waals surface area contributed by atoms with Gasteiger partial charge in [0, 0.05) is 12.4 Å². The Labute approximate surface area is 116 Å². The van der Waals surface area contributed by atoms with Crippen LogP contribution in [-0.2, 0) is 9.53 Å². The van der Waals surface area contributed by atoms with Crippen LogP contribution in [0.2, 0.25) is 0 Å². The van der Waals surface area contributed by atoms with E-state index in [-0.39, 0.29) is 11.6 Å². The van der Waals surface area contributed by atoms with Crippen molar-refractivity contribution < 1.29 is 14.3 Å². The minimum Gasteiger partial charge on any atom is -0.451 e. The summed E-state index contributed by atoms with van der Waals surface area (Å²) >= 11 is 0. The summed E-state index contributed by atoms with van der Waals surface area (Å²) in [5.74, 6) is -1.05. The van der Waals surface area contributed by atoms with E-state index in [4.69, 9.17) is 10.00 Å². The van der Waals surface area contributed by atoms with E-state index in [0.717, 1.165) is 12.8 Å². The van der Waals surface area contributed by atoms with Gasteiger partial charge in [-0.05, 0) is 25.7 Å². The van der Waals surface area contributed by atoms with E-state index in [1.54, 1.807) is 6.92 Å². The van der Waals surface area contributed by atoms with Crippen molar-refractivity contribution in [3.05, 3.63) is 24.3 Å². The SMILES string of the molecule is C[C@@](C#N)(NC(=O)COC(=O)c1cnccn1)C1CC1. The molecule has 1 fully saturated rings. The van der Waals surface area contributed by atoms with E-state index in [0.29, 0.717) is 0 Å². The molecule has 0 bridgehead atoms. The fraction of sp³-hybridized carbons (Fsp3) is 0.462. The highest BCUT2D eigenvalue weighted by Crippen LogP contribution is 2.39. The molecule has 1 N–H and O–H groups in total. The summed E-state index contributed by atoms with van der Waals surface area (Å²) in [6.45, 7) is 1.23. The topological polar surface area (TPSA) is 105 Å². The van der Waals surface area contributed by atoms with E-state index in [1.165, 1.54) is 18.6 Å². The Morgan fingerprint density at radius 2 is 2.30 bits per heavy atom. The molecular formula is C13H14N4O3. The molecule has 0 spiro atoms. The van der Waals surface area contributed by atoms with Crippen molar-refractivity contribution in [2.45, 2.75) is 25.3 Å². The second-order valence-electron chi connectivity index (χ2n) is 4.80. The standard InChI is InChI=1S/C13H14N4O3/c1-13(8-14,9-2-3-9)17-11(18)7-20-12(19)10-6-15-4-5-16-10/h4-6,9H,2-3,7H2,1H3,(H,17,18)/t13-/m0/s1. The Hall–Kier alpha value is -2.49. The number of amides is 1. The van der Waals surface area contributed by atoms with Gasteiger partial charge >= 0.3 is 5.97 Å². The van der Waals surface area contributed by atoms with Gasteiger partial charge in [-0.15, -0.1) is 0 Å². The van der Waals surface area contributed by atoms with E-state index >= 15 is 0 Å². The Bertz CT molecular complexity index is 550. The molecule has 2 rings (SSSR count). The van der Waals surface area contributed by atoms with Crippen LogP contribution in [0.15, 0.2) is 18.6 Å². The van der Waals surface area contributed by atoms with Gasteiger partial charge in [-0.2, -0.15) is 5.26 Å². The predicted molar refractivity (Wildman–Crippen MR) is 67.2 cm³/mol. The number of esters is 1. The molecule has 1 aromatic rings. The molecule has 1 saturated carbocycles. The van der Waals surface area contributed by atoms with Gasteiger partial charge in [-0.25, -0.2) is 9.78 Å². The lowest BCUT2D eigenvalue weighted by Crippen LogP contribution is -2.48. The summed E-state index contributed by atoms with van der Waals surface area (Å²) in [4.78, 5) is 30.8. The summed E-state index contributed by atoms with van der Waals surface area (Å²) in [6, 6.07) is 2.10. The molecule has 1 atom stereocenters. The van der Waals surface area contributed by atoms with Crippen LogP contribution in [-0.4, -0.2) is 34.0 Å². The van der Waals surface area contributed by atoms with Crippen LogP contribution < -0.4 is 5.32 Å². The minimum atomic E-state index is -0.893. The fourth-order valence-corrected chi connectivity index (χ4v) is 1.82. The Morgan fingerprint density at radius 1 is 1.55 bits per heavy atom. The largest absolute Gasteiger partial charge is 0.451 e. The zero-order valence-corrected chi connectivity index (χ0v) is 11.0. The molecule has 7 nitrogen and oxygen atoms in total. The van der Waals surface area contributed by atoms with Gasteiger partial charge in [0.05, 0.1) is 12.3 Å². The number of carbonyl (C=O) groups excluding carboxylic acids is 2. The highest BCUT2D eigenvalue weighted by atomic mass is 16.5. The van der Waals surface area contributed by atoms with Crippen LogP contribution in [0.3, 0.4) is 0 Å². The molecule has 0 aromatic carbocycles. The zero-order valence-electron chi connectivity index (χ0n) is 11.0. The van der Waals surface area contributed by atoms with E-state index in [2.05, 4.69) is 21.4 Å². The minimum absolute atomic E-state index is 0.0329. The monoisotopic (exact) mass is 274 g/mol. The smallest absolute Gasteiger partial charge is 0.359 e. The van der Waals surface area contributed by atoms with E-state index in [9.17, 15) is 9.59 Å². The van der Waals surface area contributed by atoms with Gasteiger partial charge in [0.2, 0.25) is 0 Å². The van der Waals surface area contributed by atoms with Gasteiger partial charge in [-0.1, -0.05) is 0 Å². The molecule has 7 heteroatoms. The Balaban J connectivity index is 1.84.